The summed E-state index contributed by atoms with van der Waals surface area (Å²) in [6.07, 6.45) is 0.673. The van der Waals surface area contributed by atoms with Crippen LogP contribution in [-0.4, -0.2) is 47.6 Å². The highest BCUT2D eigenvalue weighted by Crippen LogP contribution is 2.08. The van der Waals surface area contributed by atoms with Gasteiger partial charge in [0.25, 0.3) is 5.91 Å². The van der Waals surface area contributed by atoms with E-state index in [0.29, 0.717) is 11.1 Å². The largest absolute Gasteiger partial charge is 0.354 e. The zero-order valence-corrected chi connectivity index (χ0v) is 12.6. The Labute approximate surface area is 119 Å². The van der Waals surface area contributed by atoms with E-state index in [4.69, 9.17) is 9.47 Å². The Morgan fingerprint density at radius 3 is 2.20 bits per heavy atom. The molecule has 0 bridgehead atoms. The van der Waals surface area contributed by atoms with Crippen molar-refractivity contribution in [3.8, 4) is 0 Å². The molecule has 0 aromatic heterocycles. The third kappa shape index (κ3) is 5.68. The van der Waals surface area contributed by atoms with Crippen molar-refractivity contribution in [3.63, 3.8) is 0 Å². The quantitative estimate of drug-likeness (QED) is 0.745. The number of hydrogen-bond donors (Lipinski definition) is 1. The molecule has 0 radical (unpaired) electrons. The Balaban J connectivity index is 2.62. The van der Waals surface area contributed by atoms with E-state index in [1.165, 1.54) is 20.5 Å². The molecular weight excluding hydrogens is 282 g/mol. The van der Waals surface area contributed by atoms with Crippen molar-refractivity contribution in [2.45, 2.75) is 12.0 Å². The summed E-state index contributed by atoms with van der Waals surface area (Å²) in [4.78, 5) is 11.8. The van der Waals surface area contributed by atoms with Crippen LogP contribution in [-0.2, 0) is 25.1 Å². The Hall–Kier alpha value is -1.44. The number of benzene rings is 1. The monoisotopic (exact) mass is 301 g/mol. The van der Waals surface area contributed by atoms with Crippen LogP contribution >= 0.6 is 0 Å². The van der Waals surface area contributed by atoms with Crippen LogP contribution in [0, 0.1) is 0 Å². The molecule has 0 saturated carbocycles. The van der Waals surface area contributed by atoms with Gasteiger partial charge >= 0.3 is 0 Å². The third-order valence-corrected chi connectivity index (χ3v) is 3.46. The first-order valence-electron chi connectivity index (χ1n) is 5.96. The first-order valence-corrected chi connectivity index (χ1v) is 8.02. The fraction of sp³-hybridized carbons (Fsp3) is 0.462. The van der Waals surface area contributed by atoms with Crippen molar-refractivity contribution in [2.24, 2.45) is 0 Å². The van der Waals surface area contributed by atoms with Crippen LogP contribution in [0.15, 0.2) is 24.3 Å². The minimum absolute atomic E-state index is 0.0374. The van der Waals surface area contributed by atoms with Gasteiger partial charge in [-0.2, -0.15) is 0 Å². The highest BCUT2D eigenvalue weighted by Gasteiger charge is 2.10. The SMILES string of the molecule is COC(CNC(=O)c1ccc(CS(C)(=O)=O)cc1)OC. The molecule has 0 aliphatic carbocycles. The summed E-state index contributed by atoms with van der Waals surface area (Å²) in [5, 5.41) is 2.66. The molecule has 0 unspecified atom stereocenters. The van der Waals surface area contributed by atoms with E-state index >= 15 is 0 Å². The molecule has 0 heterocycles. The highest BCUT2D eigenvalue weighted by molar-refractivity contribution is 7.89. The van der Waals surface area contributed by atoms with Gasteiger partial charge < -0.3 is 14.8 Å². The third-order valence-electron chi connectivity index (χ3n) is 2.60. The minimum Gasteiger partial charge on any atom is -0.354 e. The zero-order valence-electron chi connectivity index (χ0n) is 11.8. The van der Waals surface area contributed by atoms with Gasteiger partial charge in [-0.1, -0.05) is 12.1 Å². The van der Waals surface area contributed by atoms with Gasteiger partial charge in [0, 0.05) is 26.0 Å². The maximum atomic E-state index is 11.8. The Morgan fingerprint density at radius 1 is 1.20 bits per heavy atom. The summed E-state index contributed by atoms with van der Waals surface area (Å²) in [6, 6.07) is 6.43. The van der Waals surface area contributed by atoms with Crippen LogP contribution < -0.4 is 5.32 Å². The molecule has 1 N–H and O–H groups in total. The van der Waals surface area contributed by atoms with E-state index in [0.717, 1.165) is 0 Å². The fourth-order valence-corrected chi connectivity index (χ4v) is 2.39. The highest BCUT2D eigenvalue weighted by atomic mass is 32.2. The van der Waals surface area contributed by atoms with Crippen LogP contribution in [0.3, 0.4) is 0 Å². The number of methoxy groups -OCH3 is 2. The second kappa shape index (κ2) is 7.37. The summed E-state index contributed by atoms with van der Waals surface area (Å²) in [7, 11) is -0.0993. The Kier molecular flexibility index (Phi) is 6.12. The number of rotatable bonds is 7. The molecule has 0 fully saturated rings. The van der Waals surface area contributed by atoms with Crippen LogP contribution in [0.5, 0.6) is 0 Å². The summed E-state index contributed by atoms with van der Waals surface area (Å²) in [5.74, 6) is -0.306. The summed E-state index contributed by atoms with van der Waals surface area (Å²) in [5.41, 5.74) is 1.10. The van der Waals surface area contributed by atoms with Crippen molar-refractivity contribution >= 4 is 15.7 Å². The Bertz CT molecular complexity index is 534. The van der Waals surface area contributed by atoms with Crippen molar-refractivity contribution in [1.29, 1.82) is 0 Å². The average Bonchev–Trinajstić information content (AvgIpc) is 2.38. The molecule has 0 aliphatic rings. The first-order chi connectivity index (χ1) is 9.35. The van der Waals surface area contributed by atoms with Gasteiger partial charge in [0.2, 0.25) is 0 Å². The molecule has 7 heteroatoms. The van der Waals surface area contributed by atoms with Crippen molar-refractivity contribution in [1.82, 2.24) is 5.32 Å². The molecule has 1 aromatic rings. The number of carbonyl (C=O) groups is 1. The lowest BCUT2D eigenvalue weighted by Gasteiger charge is -2.14. The van der Waals surface area contributed by atoms with E-state index in [1.54, 1.807) is 24.3 Å². The van der Waals surface area contributed by atoms with Gasteiger partial charge in [-0.05, 0) is 17.7 Å². The molecule has 0 atom stereocenters. The number of carbonyl (C=O) groups excluding carboxylic acids is 1. The van der Waals surface area contributed by atoms with Crippen molar-refractivity contribution in [2.75, 3.05) is 27.0 Å². The number of hydrogen-bond acceptors (Lipinski definition) is 5. The van der Waals surface area contributed by atoms with Gasteiger partial charge in [0.05, 0.1) is 12.3 Å². The van der Waals surface area contributed by atoms with Crippen LogP contribution in [0.2, 0.25) is 0 Å². The lowest BCUT2D eigenvalue weighted by atomic mass is 10.1. The molecule has 20 heavy (non-hydrogen) atoms. The van der Waals surface area contributed by atoms with Gasteiger partial charge in [0.1, 0.15) is 0 Å². The second-order valence-corrected chi connectivity index (χ2v) is 6.52. The van der Waals surface area contributed by atoms with Gasteiger partial charge in [-0.15, -0.1) is 0 Å². The maximum Gasteiger partial charge on any atom is 0.251 e. The number of ether oxygens (including phenoxy) is 2. The normalized spacial score (nSPS) is 11.6. The van der Waals surface area contributed by atoms with Gasteiger partial charge in [-0.3, -0.25) is 4.79 Å². The lowest BCUT2D eigenvalue weighted by molar-refractivity contribution is -0.0974. The van der Waals surface area contributed by atoms with Crippen molar-refractivity contribution < 1.29 is 22.7 Å². The molecule has 0 spiro atoms. The molecule has 1 aromatic carbocycles. The van der Waals surface area contributed by atoms with Crippen LogP contribution in [0.1, 0.15) is 15.9 Å². The smallest absolute Gasteiger partial charge is 0.251 e. The fourth-order valence-electron chi connectivity index (χ4n) is 1.60. The number of sulfone groups is 1. The van der Waals surface area contributed by atoms with Crippen LogP contribution in [0.25, 0.3) is 0 Å². The second-order valence-electron chi connectivity index (χ2n) is 4.38. The van der Waals surface area contributed by atoms with E-state index < -0.39 is 16.1 Å². The first kappa shape index (κ1) is 16.6. The number of nitrogens with one attached hydrogen (secondary N) is 1. The average molecular weight is 301 g/mol. The molecule has 112 valence electrons. The van der Waals surface area contributed by atoms with E-state index in [1.807, 2.05) is 0 Å². The predicted octanol–water partition coefficient (Wildman–Crippen LogP) is 0.580. The molecule has 1 rings (SSSR count). The summed E-state index contributed by atoms with van der Waals surface area (Å²) in [6.45, 7) is 0.233. The van der Waals surface area contributed by atoms with E-state index in [2.05, 4.69) is 5.32 Å². The molecule has 6 nitrogen and oxygen atoms in total. The maximum absolute atomic E-state index is 11.8. The van der Waals surface area contributed by atoms with Crippen LogP contribution in [0.4, 0.5) is 0 Å². The molecular formula is C13H19NO5S. The van der Waals surface area contributed by atoms with E-state index in [9.17, 15) is 13.2 Å². The summed E-state index contributed by atoms with van der Waals surface area (Å²) < 4.78 is 32.2. The van der Waals surface area contributed by atoms with Gasteiger partial charge in [-0.25, -0.2) is 8.42 Å². The zero-order chi connectivity index (χ0) is 15.2. The molecule has 0 aliphatic heterocycles. The standard InChI is InChI=1S/C13H19NO5S/c1-18-12(19-2)8-14-13(15)11-6-4-10(5-7-11)9-20(3,16)17/h4-7,12H,8-9H2,1-3H3,(H,14,15). The molecule has 1 amide bonds. The van der Waals surface area contributed by atoms with Gasteiger partial charge in [0.15, 0.2) is 16.1 Å². The van der Waals surface area contributed by atoms with Crippen molar-refractivity contribution in [3.05, 3.63) is 35.4 Å². The topological polar surface area (TPSA) is 81.7 Å². The Morgan fingerprint density at radius 2 is 1.75 bits per heavy atom. The minimum atomic E-state index is -3.07. The molecule has 0 saturated heterocycles. The predicted molar refractivity (Wildman–Crippen MR) is 75.1 cm³/mol. The summed E-state index contributed by atoms with van der Waals surface area (Å²) >= 11 is 0. The lowest BCUT2D eigenvalue weighted by Crippen LogP contribution is -2.34. The van der Waals surface area contributed by atoms with E-state index in [-0.39, 0.29) is 18.2 Å². The number of amides is 1.